The predicted molar refractivity (Wildman–Crippen MR) is 206 cm³/mol. The molecule has 0 aliphatic heterocycles. The van der Waals surface area contributed by atoms with E-state index < -0.39 is 0 Å². The summed E-state index contributed by atoms with van der Waals surface area (Å²) >= 11 is 1.91. The molecule has 0 aliphatic rings. The van der Waals surface area contributed by atoms with Gasteiger partial charge >= 0.3 is 0 Å². The summed E-state index contributed by atoms with van der Waals surface area (Å²) in [5, 5.41) is 13.0. The Morgan fingerprint density at radius 3 is 1.45 bits per heavy atom. The van der Waals surface area contributed by atoms with Gasteiger partial charge in [0.1, 0.15) is 0 Å². The summed E-state index contributed by atoms with van der Waals surface area (Å²) < 4.78 is 2.72. The fourth-order valence-corrected chi connectivity index (χ4v) is 8.88. The molecule has 0 N–H and O–H groups in total. The van der Waals surface area contributed by atoms with Crippen LogP contribution in [0.4, 0.5) is 0 Å². The second-order valence-corrected chi connectivity index (χ2v) is 13.5. The Bertz CT molecular complexity index is 2760. The summed E-state index contributed by atoms with van der Waals surface area (Å²) in [4.78, 5) is 0. The molecule has 0 fully saturated rings. The maximum Gasteiger partial charge on any atom is 0.0433 e. The minimum absolute atomic E-state index is 1.23. The fraction of sp³-hybridized carbons (Fsp3) is 0. The molecule has 10 aromatic rings. The van der Waals surface area contributed by atoms with Gasteiger partial charge in [0.2, 0.25) is 0 Å². The zero-order chi connectivity index (χ0) is 30.9. The maximum atomic E-state index is 2.35. The first-order valence-electron chi connectivity index (χ1n) is 16.2. The van der Waals surface area contributed by atoms with Crippen LogP contribution in [0.25, 0.3) is 96.6 Å². The van der Waals surface area contributed by atoms with Gasteiger partial charge in [-0.2, -0.15) is 0 Å². The second-order valence-electron chi connectivity index (χ2n) is 12.5. The van der Waals surface area contributed by atoms with Gasteiger partial charge in [-0.05, 0) is 94.7 Å². The van der Waals surface area contributed by atoms with Crippen LogP contribution < -0.4 is 0 Å². The van der Waals surface area contributed by atoms with Gasteiger partial charge in [0.25, 0.3) is 0 Å². The molecule has 0 unspecified atom stereocenters. The fourth-order valence-electron chi connectivity index (χ4n) is 7.61. The third-order valence-electron chi connectivity index (χ3n) is 9.82. The van der Waals surface area contributed by atoms with Gasteiger partial charge in [-0.3, -0.25) is 0 Å². The van der Waals surface area contributed by atoms with Crippen LogP contribution >= 0.6 is 11.3 Å². The van der Waals surface area contributed by atoms with Gasteiger partial charge in [-0.25, -0.2) is 0 Å². The van der Waals surface area contributed by atoms with E-state index in [0.717, 1.165) is 0 Å². The molecule has 47 heavy (non-hydrogen) atoms. The largest absolute Gasteiger partial charge is 0.135 e. The third-order valence-corrected chi connectivity index (χ3v) is 11.0. The summed E-state index contributed by atoms with van der Waals surface area (Å²) in [5.74, 6) is 0. The Hall–Kier alpha value is -5.76. The molecule has 0 aliphatic carbocycles. The quantitative estimate of drug-likeness (QED) is 0.174. The molecule has 9 aromatic carbocycles. The first kappa shape index (κ1) is 26.5. The van der Waals surface area contributed by atoms with E-state index in [1.54, 1.807) is 0 Å². The molecule has 0 saturated heterocycles. The van der Waals surface area contributed by atoms with Crippen LogP contribution in [0, 0.1) is 0 Å². The summed E-state index contributed by atoms with van der Waals surface area (Å²) in [6, 6.07) is 62.6. The molecule has 0 amide bonds. The van der Waals surface area contributed by atoms with Crippen molar-refractivity contribution in [3.05, 3.63) is 170 Å². The Morgan fingerprint density at radius 1 is 0.277 bits per heavy atom. The SMILES string of the molecule is c1ccc(-c2c3ccccc3c(-c3ccc(-c4ccc5c(ccc6c7cc8ccccc8cc7sc56)c4)cc3)c3ccccc23)cc1. The van der Waals surface area contributed by atoms with E-state index in [1.807, 2.05) is 11.3 Å². The molecule has 1 heterocycles. The zero-order valence-corrected chi connectivity index (χ0v) is 26.4. The molecule has 0 atom stereocenters. The van der Waals surface area contributed by atoms with Gasteiger partial charge in [0.05, 0.1) is 0 Å². The van der Waals surface area contributed by atoms with Crippen LogP contribution in [0.5, 0.6) is 0 Å². The van der Waals surface area contributed by atoms with Gasteiger partial charge in [-0.1, -0.05) is 152 Å². The van der Waals surface area contributed by atoms with Crippen LogP contribution in [-0.4, -0.2) is 0 Å². The van der Waals surface area contributed by atoms with Crippen molar-refractivity contribution in [3.8, 4) is 33.4 Å². The lowest BCUT2D eigenvalue weighted by atomic mass is 9.85. The lowest BCUT2D eigenvalue weighted by Crippen LogP contribution is -1.90. The van der Waals surface area contributed by atoms with Crippen LogP contribution in [0.1, 0.15) is 0 Å². The van der Waals surface area contributed by atoms with Crippen molar-refractivity contribution in [2.24, 2.45) is 0 Å². The van der Waals surface area contributed by atoms with Crippen molar-refractivity contribution in [1.82, 2.24) is 0 Å². The number of rotatable bonds is 3. The average molecular weight is 613 g/mol. The summed E-state index contributed by atoms with van der Waals surface area (Å²) in [5.41, 5.74) is 7.55. The Balaban J connectivity index is 1.09. The molecule has 1 aromatic heterocycles. The highest BCUT2D eigenvalue weighted by Crippen LogP contribution is 2.44. The molecule has 0 nitrogen and oxygen atoms in total. The highest BCUT2D eigenvalue weighted by atomic mass is 32.1. The molecule has 0 bridgehead atoms. The molecule has 0 saturated carbocycles. The molecule has 10 rings (SSSR count). The molecule has 1 heteroatoms. The summed E-state index contributed by atoms with van der Waals surface area (Å²) in [7, 11) is 0. The van der Waals surface area contributed by atoms with E-state index >= 15 is 0 Å². The van der Waals surface area contributed by atoms with Crippen LogP contribution in [-0.2, 0) is 0 Å². The maximum absolute atomic E-state index is 2.35. The number of hydrogen-bond donors (Lipinski definition) is 0. The van der Waals surface area contributed by atoms with Crippen LogP contribution in [0.3, 0.4) is 0 Å². The van der Waals surface area contributed by atoms with Crippen molar-refractivity contribution in [2.45, 2.75) is 0 Å². The van der Waals surface area contributed by atoms with Crippen LogP contribution in [0.15, 0.2) is 170 Å². The monoisotopic (exact) mass is 612 g/mol. The minimum Gasteiger partial charge on any atom is -0.135 e. The number of hydrogen-bond acceptors (Lipinski definition) is 1. The van der Waals surface area contributed by atoms with Gasteiger partial charge in [0, 0.05) is 20.2 Å². The Labute approximate surface area is 276 Å². The lowest BCUT2D eigenvalue weighted by Gasteiger charge is -2.18. The lowest BCUT2D eigenvalue weighted by molar-refractivity contribution is 1.63. The van der Waals surface area contributed by atoms with E-state index in [2.05, 4.69) is 170 Å². The van der Waals surface area contributed by atoms with Crippen LogP contribution in [0.2, 0.25) is 0 Å². The van der Waals surface area contributed by atoms with E-state index in [1.165, 1.54) is 96.6 Å². The van der Waals surface area contributed by atoms with Gasteiger partial charge < -0.3 is 0 Å². The first-order valence-corrected chi connectivity index (χ1v) is 17.0. The highest BCUT2D eigenvalue weighted by Gasteiger charge is 2.16. The average Bonchev–Trinajstić information content (AvgIpc) is 3.50. The van der Waals surface area contributed by atoms with Crippen molar-refractivity contribution in [3.63, 3.8) is 0 Å². The van der Waals surface area contributed by atoms with Crippen molar-refractivity contribution in [2.75, 3.05) is 0 Å². The second kappa shape index (κ2) is 10.4. The first-order chi connectivity index (χ1) is 23.3. The summed E-state index contributed by atoms with van der Waals surface area (Å²) in [6.07, 6.45) is 0. The highest BCUT2D eigenvalue weighted by molar-refractivity contribution is 7.26. The van der Waals surface area contributed by atoms with E-state index in [0.29, 0.717) is 0 Å². The Morgan fingerprint density at radius 2 is 0.787 bits per heavy atom. The Kier molecular flexibility index (Phi) is 5.85. The number of fused-ring (bicyclic) bond motifs is 8. The van der Waals surface area contributed by atoms with E-state index in [9.17, 15) is 0 Å². The van der Waals surface area contributed by atoms with E-state index in [-0.39, 0.29) is 0 Å². The van der Waals surface area contributed by atoms with E-state index in [4.69, 9.17) is 0 Å². The molecule has 218 valence electrons. The molecular formula is C46H28S. The third kappa shape index (κ3) is 4.14. The molecular weight excluding hydrogens is 585 g/mol. The van der Waals surface area contributed by atoms with Gasteiger partial charge in [-0.15, -0.1) is 11.3 Å². The standard InChI is InChI=1S/C46H28S/c1-2-10-30(11-3-1)44-37-14-6-8-16-39(37)45(40-17-9-7-15-38(40)44)31-20-18-29(19-21-31)34-22-24-36-35(26-34)23-25-41-42-27-32-12-4-5-13-33(32)28-43(42)47-46(36)41/h1-28H. The molecule has 0 spiro atoms. The molecule has 0 radical (unpaired) electrons. The van der Waals surface area contributed by atoms with Crippen molar-refractivity contribution in [1.29, 1.82) is 0 Å². The zero-order valence-electron chi connectivity index (χ0n) is 25.6. The topological polar surface area (TPSA) is 0 Å². The van der Waals surface area contributed by atoms with Crippen molar-refractivity contribution >= 4 is 74.6 Å². The van der Waals surface area contributed by atoms with Gasteiger partial charge in [0.15, 0.2) is 0 Å². The minimum atomic E-state index is 1.23. The normalized spacial score (nSPS) is 11.8. The smallest absolute Gasteiger partial charge is 0.0433 e. The number of benzene rings is 9. The predicted octanol–water partition coefficient (Wildman–Crippen LogP) is 13.7. The van der Waals surface area contributed by atoms with Crippen molar-refractivity contribution < 1.29 is 0 Å². The summed E-state index contributed by atoms with van der Waals surface area (Å²) in [6.45, 7) is 0. The number of thiophene rings is 1.